The minimum Gasteiger partial charge on any atom is -0.273 e. The van der Waals surface area contributed by atoms with Crippen LogP contribution in [0.15, 0.2) is 9.91 Å². The van der Waals surface area contributed by atoms with E-state index in [0.717, 1.165) is 4.08 Å². The second kappa shape index (κ2) is 3.37. The molecule has 0 radical (unpaired) electrons. The van der Waals surface area contributed by atoms with E-state index in [1.807, 2.05) is 0 Å². The van der Waals surface area contributed by atoms with Crippen LogP contribution < -0.4 is 0 Å². The number of carbonyl (C=O) groups is 1. The summed E-state index contributed by atoms with van der Waals surface area (Å²) in [6.07, 6.45) is 0. The molecule has 0 fully saturated rings. The maximum atomic E-state index is 11.6. The minimum absolute atomic E-state index is 0.915. The third-order valence-electron chi connectivity index (χ3n) is 0.284. The first-order valence-electron chi connectivity index (χ1n) is 1.34. The van der Waals surface area contributed by atoms with Gasteiger partial charge in [0.05, 0.1) is 0 Å². The van der Waals surface area contributed by atoms with Gasteiger partial charge in [0.1, 0.15) is 0 Å². The Bertz CT molecular complexity index is 112. The van der Waals surface area contributed by atoms with Crippen LogP contribution in [0.3, 0.4) is 0 Å². The van der Waals surface area contributed by atoms with E-state index < -0.39 is 11.1 Å². The van der Waals surface area contributed by atoms with Crippen LogP contribution in [0.1, 0.15) is 0 Å². The molecule has 0 spiro atoms. The number of allylic oxidation sites excluding steroid dienone is 1. The summed E-state index contributed by atoms with van der Waals surface area (Å²) in [4.78, 5) is 9.69. The van der Waals surface area contributed by atoms with Gasteiger partial charge in [-0.1, -0.05) is 0 Å². The highest BCUT2D eigenvalue weighted by Gasteiger charge is 1.99. The summed E-state index contributed by atoms with van der Waals surface area (Å²) < 4.78 is 12.6. The molecule has 7 heavy (non-hydrogen) atoms. The van der Waals surface area contributed by atoms with Crippen LogP contribution in [-0.4, -0.2) is 5.24 Å². The van der Waals surface area contributed by atoms with E-state index in [1.165, 1.54) is 0 Å². The molecule has 0 bridgehead atoms. The van der Waals surface area contributed by atoms with E-state index in [-0.39, 0.29) is 0 Å². The normalized spacial score (nSPS) is 11.6. The summed E-state index contributed by atoms with van der Waals surface area (Å²) in [6, 6.07) is 0. The van der Waals surface area contributed by atoms with Crippen molar-refractivity contribution in [3.63, 3.8) is 0 Å². The fourth-order valence-electron chi connectivity index (χ4n) is 0.0429. The standard InChI is InChI=1S/C3HClFIO/c4-3(7)2(5)1-6/h1H. The van der Waals surface area contributed by atoms with Gasteiger partial charge >= 0.3 is 0 Å². The lowest BCUT2D eigenvalue weighted by Gasteiger charge is -1.76. The highest BCUT2D eigenvalue weighted by Crippen LogP contribution is 2.03. The van der Waals surface area contributed by atoms with Gasteiger partial charge in [0, 0.05) is 4.08 Å². The van der Waals surface area contributed by atoms with Gasteiger partial charge in [-0.3, -0.25) is 4.79 Å². The van der Waals surface area contributed by atoms with Gasteiger partial charge in [-0.05, 0) is 34.2 Å². The fourth-order valence-corrected chi connectivity index (χ4v) is 0.564. The average Bonchev–Trinajstić information content (AvgIpc) is 1.65. The molecule has 1 nitrogen and oxygen atoms in total. The Labute approximate surface area is 58.7 Å². The zero-order valence-electron chi connectivity index (χ0n) is 3.12. The van der Waals surface area contributed by atoms with Gasteiger partial charge in [-0.2, -0.15) is 0 Å². The zero-order valence-corrected chi connectivity index (χ0v) is 6.03. The molecule has 0 aromatic carbocycles. The molecular formula is C3HClFIO. The summed E-state index contributed by atoms with van der Waals surface area (Å²) in [5.74, 6) is -0.915. The maximum Gasteiger partial charge on any atom is 0.281 e. The quantitative estimate of drug-likeness (QED) is 0.385. The molecule has 0 amide bonds. The summed E-state index contributed by atoms with van der Waals surface area (Å²) >= 11 is 6.23. The summed E-state index contributed by atoms with van der Waals surface area (Å²) in [5.41, 5.74) is 0. The molecule has 0 saturated heterocycles. The molecule has 0 saturated carbocycles. The first kappa shape index (κ1) is 7.36. The number of hydrogen-bond acceptors (Lipinski definition) is 1. The number of rotatable bonds is 1. The molecule has 0 aliphatic heterocycles. The number of halogens is 3. The Balaban J connectivity index is 3.82. The largest absolute Gasteiger partial charge is 0.281 e. The minimum atomic E-state index is -1.05. The molecule has 0 aliphatic rings. The predicted octanol–water partition coefficient (Wildman–Crippen LogP) is 2.00. The first-order chi connectivity index (χ1) is 3.18. The lowest BCUT2D eigenvalue weighted by Crippen LogP contribution is -1.81. The smallest absolute Gasteiger partial charge is 0.273 e. The van der Waals surface area contributed by atoms with Crippen LogP contribution in [0.2, 0.25) is 0 Å². The van der Waals surface area contributed by atoms with Crippen molar-refractivity contribution in [2.45, 2.75) is 0 Å². The SMILES string of the molecule is O=C(Cl)C(F)=CI. The third kappa shape index (κ3) is 2.99. The van der Waals surface area contributed by atoms with Gasteiger partial charge < -0.3 is 0 Å². The molecule has 0 N–H and O–H groups in total. The van der Waals surface area contributed by atoms with E-state index in [1.54, 1.807) is 22.6 Å². The van der Waals surface area contributed by atoms with Crippen LogP contribution in [-0.2, 0) is 4.79 Å². The van der Waals surface area contributed by atoms with E-state index in [0.29, 0.717) is 0 Å². The van der Waals surface area contributed by atoms with E-state index >= 15 is 0 Å². The average molecular weight is 234 g/mol. The van der Waals surface area contributed by atoms with Crippen molar-refractivity contribution >= 4 is 39.4 Å². The van der Waals surface area contributed by atoms with Crippen LogP contribution in [0, 0.1) is 0 Å². The van der Waals surface area contributed by atoms with Crippen molar-refractivity contribution in [1.29, 1.82) is 0 Å². The molecule has 0 rings (SSSR count). The molecule has 0 aliphatic carbocycles. The van der Waals surface area contributed by atoms with Gasteiger partial charge in [0.25, 0.3) is 5.24 Å². The molecule has 4 heteroatoms. The summed E-state index contributed by atoms with van der Waals surface area (Å²) in [7, 11) is 0. The number of hydrogen-bond donors (Lipinski definition) is 0. The predicted molar refractivity (Wildman–Crippen MR) is 34.1 cm³/mol. The zero-order chi connectivity index (χ0) is 5.86. The van der Waals surface area contributed by atoms with E-state index in [4.69, 9.17) is 0 Å². The lowest BCUT2D eigenvalue weighted by molar-refractivity contribution is -0.109. The molecule has 0 atom stereocenters. The van der Waals surface area contributed by atoms with Crippen molar-refractivity contribution in [2.24, 2.45) is 0 Å². The Morgan fingerprint density at radius 2 is 2.29 bits per heavy atom. The third-order valence-corrected chi connectivity index (χ3v) is 1.01. The summed E-state index contributed by atoms with van der Waals surface area (Å²) in [6.45, 7) is 0. The van der Waals surface area contributed by atoms with Crippen LogP contribution in [0.25, 0.3) is 0 Å². The van der Waals surface area contributed by atoms with Crippen molar-refractivity contribution in [2.75, 3.05) is 0 Å². The molecule has 0 unspecified atom stereocenters. The molecule has 40 valence electrons. The van der Waals surface area contributed by atoms with Crippen molar-refractivity contribution in [1.82, 2.24) is 0 Å². The van der Waals surface area contributed by atoms with Crippen molar-refractivity contribution in [3.8, 4) is 0 Å². The second-order valence-electron chi connectivity index (χ2n) is 0.731. The number of carbonyl (C=O) groups excluding carboxylic acids is 1. The topological polar surface area (TPSA) is 17.1 Å². The highest BCUT2D eigenvalue weighted by molar-refractivity contribution is 14.1. The Hall–Kier alpha value is 0.360. The van der Waals surface area contributed by atoms with Crippen LogP contribution in [0.4, 0.5) is 4.39 Å². The van der Waals surface area contributed by atoms with Crippen molar-refractivity contribution < 1.29 is 9.18 Å². The highest BCUT2D eigenvalue weighted by atomic mass is 127. The Morgan fingerprint density at radius 3 is 2.29 bits per heavy atom. The molecular weight excluding hydrogens is 233 g/mol. The Morgan fingerprint density at radius 1 is 1.86 bits per heavy atom. The summed E-state index contributed by atoms with van der Waals surface area (Å²) in [5, 5.41) is -1.05. The van der Waals surface area contributed by atoms with E-state index in [2.05, 4.69) is 11.6 Å². The van der Waals surface area contributed by atoms with Gasteiger partial charge in [0.15, 0.2) is 5.83 Å². The van der Waals surface area contributed by atoms with Crippen LogP contribution >= 0.6 is 34.2 Å². The fraction of sp³-hybridized carbons (Fsp3) is 0. The van der Waals surface area contributed by atoms with Crippen molar-refractivity contribution in [3.05, 3.63) is 9.91 Å². The Kier molecular flexibility index (Phi) is 3.55. The van der Waals surface area contributed by atoms with Gasteiger partial charge in [-0.25, -0.2) is 4.39 Å². The monoisotopic (exact) mass is 234 g/mol. The molecule has 0 heterocycles. The maximum absolute atomic E-state index is 11.6. The first-order valence-corrected chi connectivity index (χ1v) is 2.96. The lowest BCUT2D eigenvalue weighted by atomic mass is 10.7. The van der Waals surface area contributed by atoms with E-state index in [9.17, 15) is 9.18 Å². The van der Waals surface area contributed by atoms with Gasteiger partial charge in [0.2, 0.25) is 0 Å². The van der Waals surface area contributed by atoms with Gasteiger partial charge in [-0.15, -0.1) is 0 Å². The van der Waals surface area contributed by atoms with Crippen LogP contribution in [0.5, 0.6) is 0 Å². The molecule has 0 aromatic heterocycles. The second-order valence-corrected chi connectivity index (χ2v) is 1.70. The molecule has 0 aromatic rings.